The van der Waals surface area contributed by atoms with E-state index in [9.17, 15) is 9.90 Å². The molecule has 1 fully saturated rings. The Balaban J connectivity index is 0.00000131. The van der Waals surface area contributed by atoms with Gasteiger partial charge in [0.2, 0.25) is 0 Å². The maximum Gasteiger partial charge on any atom is 0.353 e. The first kappa shape index (κ1) is 29.8. The number of aromatic nitrogens is 1. The highest BCUT2D eigenvalue weighted by molar-refractivity contribution is 5.95. The normalized spacial score (nSPS) is 13.5. The van der Waals surface area contributed by atoms with Gasteiger partial charge in [-0.05, 0) is 53.7 Å². The summed E-state index contributed by atoms with van der Waals surface area (Å²) in [4.78, 5) is 12.7. The molecule has 1 saturated carbocycles. The van der Waals surface area contributed by atoms with E-state index >= 15 is 0 Å². The fourth-order valence-electron chi connectivity index (χ4n) is 4.30. The van der Waals surface area contributed by atoms with Crippen molar-refractivity contribution in [2.24, 2.45) is 0 Å². The summed E-state index contributed by atoms with van der Waals surface area (Å²) in [6, 6.07) is 15.8. The molecule has 1 aliphatic rings. The second-order valence-electron chi connectivity index (χ2n) is 10.8. The first-order valence-electron chi connectivity index (χ1n) is 13.8. The number of carboxylic acid groups (broad SMARTS) is 1. The molecule has 0 unspecified atom stereocenters. The van der Waals surface area contributed by atoms with Crippen LogP contribution in [0.1, 0.15) is 81.9 Å². The average molecular weight is 530 g/mol. The lowest BCUT2D eigenvalue weighted by Crippen LogP contribution is -2.30. The molecule has 2 aromatic carbocycles. The van der Waals surface area contributed by atoms with Crippen molar-refractivity contribution in [1.82, 2.24) is 4.57 Å². The van der Waals surface area contributed by atoms with Crippen molar-refractivity contribution in [1.29, 1.82) is 0 Å². The summed E-state index contributed by atoms with van der Waals surface area (Å²) in [7, 11) is 1.62. The van der Waals surface area contributed by atoms with Gasteiger partial charge in [-0.15, -0.1) is 0 Å². The van der Waals surface area contributed by atoms with Crippen molar-refractivity contribution in [3.63, 3.8) is 0 Å². The highest BCUT2D eigenvalue weighted by atomic mass is 16.5. The van der Waals surface area contributed by atoms with Gasteiger partial charge in [-0.25, -0.2) is 4.79 Å². The van der Waals surface area contributed by atoms with Gasteiger partial charge in [0.15, 0.2) is 0 Å². The molecule has 0 amide bonds. The van der Waals surface area contributed by atoms with Crippen molar-refractivity contribution >= 4 is 18.6 Å². The lowest BCUT2D eigenvalue weighted by atomic mass is 9.86. The zero-order chi connectivity index (χ0) is 28.6. The molecule has 1 aliphatic carbocycles. The topological polar surface area (TPSA) is 60.7 Å². The maximum atomic E-state index is 12.7. The molecule has 5 heteroatoms. The zero-order valence-electron chi connectivity index (χ0n) is 24.3. The summed E-state index contributed by atoms with van der Waals surface area (Å²) >= 11 is 0. The van der Waals surface area contributed by atoms with Crippen LogP contribution in [0.25, 0.3) is 23.8 Å². The minimum absolute atomic E-state index is 0.00394. The molecule has 1 aromatic heterocycles. The van der Waals surface area contributed by atoms with E-state index in [0.717, 1.165) is 23.3 Å². The van der Waals surface area contributed by atoms with Gasteiger partial charge >= 0.3 is 5.97 Å². The van der Waals surface area contributed by atoms with E-state index in [-0.39, 0.29) is 11.1 Å². The van der Waals surface area contributed by atoms with Crippen molar-refractivity contribution in [3.8, 4) is 16.9 Å². The van der Waals surface area contributed by atoms with Gasteiger partial charge in [0, 0.05) is 23.4 Å². The number of methoxy groups -OCH3 is 1. The predicted molar refractivity (Wildman–Crippen MR) is 161 cm³/mol. The largest absolute Gasteiger partial charge is 0.497 e. The summed E-state index contributed by atoms with van der Waals surface area (Å²) in [5.74, 6) is 0.409. The third kappa shape index (κ3) is 7.89. The van der Waals surface area contributed by atoms with Gasteiger partial charge in [0.05, 0.1) is 19.1 Å². The summed E-state index contributed by atoms with van der Waals surface area (Å²) in [5.41, 5.74) is 3.74. The van der Waals surface area contributed by atoms with Crippen molar-refractivity contribution in [2.75, 3.05) is 13.7 Å². The molecule has 1 N–H and O–H groups in total. The molecule has 208 valence electrons. The molecule has 0 bridgehead atoms. The fraction of sp³-hybridized carbons (Fsp3) is 0.382. The number of hydrogen-bond acceptors (Lipinski definition) is 3. The third-order valence-electron chi connectivity index (χ3n) is 6.47. The fourth-order valence-corrected chi connectivity index (χ4v) is 4.30. The molecular formula is C34H43NO4. The lowest BCUT2D eigenvalue weighted by molar-refractivity contribution is 0.0686. The van der Waals surface area contributed by atoms with Crippen LogP contribution < -0.4 is 15.3 Å². The molecule has 0 atom stereocenters. The summed E-state index contributed by atoms with van der Waals surface area (Å²) in [6.07, 6.45) is 9.18. The Morgan fingerprint density at radius 2 is 1.74 bits per heavy atom. The molecule has 3 aromatic rings. The predicted octanol–water partition coefficient (Wildman–Crippen LogP) is 6.90. The average Bonchev–Trinajstić information content (AvgIpc) is 3.76. The number of carbonyl (C=O) groups is 1. The SMILES string of the molecule is C1CC1.C=c1c(-c2ccc(C(C)(C)C)cc2)c(C(=O)O)n(Cc2cccc(OC)c2)/c1=C/C(=C\CC)OCC. The number of ether oxygens (including phenoxy) is 2. The lowest BCUT2D eigenvalue weighted by Gasteiger charge is -2.19. The van der Waals surface area contributed by atoms with Crippen molar-refractivity contribution < 1.29 is 19.4 Å². The van der Waals surface area contributed by atoms with E-state index in [1.54, 1.807) is 7.11 Å². The first-order chi connectivity index (χ1) is 18.6. The van der Waals surface area contributed by atoms with Gasteiger partial charge in [0.25, 0.3) is 0 Å². The highest BCUT2D eigenvalue weighted by Crippen LogP contribution is 2.27. The Morgan fingerprint density at radius 3 is 2.26 bits per heavy atom. The van der Waals surface area contributed by atoms with E-state index < -0.39 is 5.97 Å². The minimum Gasteiger partial charge on any atom is -0.497 e. The van der Waals surface area contributed by atoms with Crippen LogP contribution in [-0.2, 0) is 16.7 Å². The highest BCUT2D eigenvalue weighted by Gasteiger charge is 2.23. The second kappa shape index (κ2) is 13.4. The van der Waals surface area contributed by atoms with Gasteiger partial charge in [-0.3, -0.25) is 0 Å². The quantitative estimate of drug-likeness (QED) is 0.306. The van der Waals surface area contributed by atoms with E-state index in [0.29, 0.717) is 35.0 Å². The molecule has 4 rings (SSSR count). The molecule has 5 nitrogen and oxygen atoms in total. The van der Waals surface area contributed by atoms with Gasteiger partial charge in [-0.2, -0.15) is 0 Å². The van der Waals surface area contributed by atoms with Gasteiger partial charge in [-0.1, -0.05) is 89.9 Å². The number of benzene rings is 2. The Kier molecular flexibility index (Phi) is 10.2. The van der Waals surface area contributed by atoms with E-state index in [1.165, 1.54) is 24.8 Å². The van der Waals surface area contributed by atoms with Gasteiger partial charge < -0.3 is 19.1 Å². The van der Waals surface area contributed by atoms with Gasteiger partial charge in [0.1, 0.15) is 17.2 Å². The number of hydrogen-bond donors (Lipinski definition) is 1. The standard InChI is InChI=1S/C31H37NO4.C3H6/c1-8-11-26(36-9-2)19-27-21(3)28(23-14-16-24(17-15-23)31(4,5)6)29(30(33)34)32(27)20-22-12-10-13-25(18-22)35-7;1-2-3-1/h10-19H,3,8-9,20H2,1-2,4-7H3,(H,33,34);1-3H2/b26-11+,27-19+;. The number of nitrogens with zero attached hydrogens (tertiary/aromatic N) is 1. The molecular weight excluding hydrogens is 486 g/mol. The summed E-state index contributed by atoms with van der Waals surface area (Å²) < 4.78 is 13.1. The zero-order valence-corrected chi connectivity index (χ0v) is 24.3. The Morgan fingerprint density at radius 1 is 1.08 bits per heavy atom. The number of aromatic carboxylic acids is 1. The Bertz CT molecular complexity index is 1400. The van der Waals surface area contributed by atoms with Crippen LogP contribution in [0.15, 0.2) is 60.4 Å². The van der Waals surface area contributed by atoms with Crippen LogP contribution in [0.2, 0.25) is 0 Å². The number of allylic oxidation sites excluding steroid dienone is 2. The van der Waals surface area contributed by atoms with Crippen molar-refractivity contribution in [3.05, 3.63) is 87.8 Å². The molecule has 1 heterocycles. The maximum absolute atomic E-state index is 12.7. The molecule has 0 spiro atoms. The van der Waals surface area contributed by atoms with Crippen LogP contribution in [0.3, 0.4) is 0 Å². The van der Waals surface area contributed by atoms with Crippen LogP contribution in [-0.4, -0.2) is 29.4 Å². The van der Waals surface area contributed by atoms with E-state index in [1.807, 2.05) is 67.0 Å². The van der Waals surface area contributed by atoms with Crippen LogP contribution in [0, 0.1) is 0 Å². The second-order valence-corrected chi connectivity index (χ2v) is 10.8. The Labute approximate surface area is 233 Å². The van der Waals surface area contributed by atoms with E-state index in [4.69, 9.17) is 9.47 Å². The molecule has 39 heavy (non-hydrogen) atoms. The van der Waals surface area contributed by atoms with Crippen LogP contribution >= 0.6 is 0 Å². The summed E-state index contributed by atoms with van der Waals surface area (Å²) in [5, 5.41) is 11.8. The van der Waals surface area contributed by atoms with Crippen molar-refractivity contribution in [2.45, 2.75) is 72.3 Å². The van der Waals surface area contributed by atoms with Crippen LogP contribution in [0.4, 0.5) is 0 Å². The number of carboxylic acids is 1. The van der Waals surface area contributed by atoms with Crippen LogP contribution in [0.5, 0.6) is 5.75 Å². The smallest absolute Gasteiger partial charge is 0.353 e. The summed E-state index contributed by atoms with van der Waals surface area (Å²) in [6.45, 7) is 15.7. The molecule has 0 saturated heterocycles. The third-order valence-corrected chi connectivity index (χ3v) is 6.47. The first-order valence-corrected chi connectivity index (χ1v) is 13.8. The number of rotatable bonds is 9. The minimum atomic E-state index is -1.00. The molecule has 0 aliphatic heterocycles. The Hall–Kier alpha value is -3.73. The monoisotopic (exact) mass is 529 g/mol. The van der Waals surface area contributed by atoms with E-state index in [2.05, 4.69) is 39.5 Å². The molecule has 0 radical (unpaired) electrons.